The van der Waals surface area contributed by atoms with Gasteiger partial charge < -0.3 is 5.32 Å². The lowest BCUT2D eigenvalue weighted by Gasteiger charge is -2.13. The highest BCUT2D eigenvalue weighted by atomic mass is 79.9. The van der Waals surface area contributed by atoms with Crippen molar-refractivity contribution in [1.82, 2.24) is 4.98 Å². The van der Waals surface area contributed by atoms with Crippen molar-refractivity contribution in [3.8, 4) is 0 Å². The molecule has 2 aromatic rings. The number of rotatable bonds is 3. The van der Waals surface area contributed by atoms with Gasteiger partial charge in [0.15, 0.2) is 0 Å². The van der Waals surface area contributed by atoms with E-state index in [9.17, 15) is 0 Å². The van der Waals surface area contributed by atoms with Crippen molar-refractivity contribution in [1.29, 1.82) is 0 Å². The van der Waals surface area contributed by atoms with E-state index in [0.717, 1.165) is 27.8 Å². The lowest BCUT2D eigenvalue weighted by molar-refractivity contribution is 0.637. The molecule has 3 heteroatoms. The molecule has 0 saturated heterocycles. The summed E-state index contributed by atoms with van der Waals surface area (Å²) in [4.78, 5) is 4.80. The van der Waals surface area contributed by atoms with Crippen molar-refractivity contribution in [2.75, 3.05) is 12.4 Å². The standard InChI is InChI=1S/C15H19BrN2/c1-9(2)7-11-8-13(17-4)14-10(3)5-6-12(16)15(14)18-11/h5-6,8-9H,7H2,1-4H3,(H,17,18). The van der Waals surface area contributed by atoms with Crippen molar-refractivity contribution >= 4 is 32.5 Å². The number of benzene rings is 1. The Morgan fingerprint density at radius 1 is 1.33 bits per heavy atom. The number of fused-ring (bicyclic) bond motifs is 1. The number of aromatic nitrogens is 1. The molecule has 18 heavy (non-hydrogen) atoms. The average molecular weight is 307 g/mol. The molecule has 1 aromatic carbocycles. The van der Waals surface area contributed by atoms with E-state index in [-0.39, 0.29) is 0 Å². The Kier molecular flexibility index (Phi) is 3.91. The zero-order valence-corrected chi connectivity index (χ0v) is 12.9. The van der Waals surface area contributed by atoms with Gasteiger partial charge in [-0.1, -0.05) is 19.9 Å². The maximum Gasteiger partial charge on any atom is 0.0870 e. The van der Waals surface area contributed by atoms with E-state index in [1.54, 1.807) is 0 Å². The van der Waals surface area contributed by atoms with Gasteiger partial charge in [-0.25, -0.2) is 0 Å². The Morgan fingerprint density at radius 2 is 2.06 bits per heavy atom. The van der Waals surface area contributed by atoms with E-state index in [2.05, 4.69) is 60.2 Å². The molecule has 1 heterocycles. The maximum absolute atomic E-state index is 4.80. The van der Waals surface area contributed by atoms with Crippen LogP contribution in [0.3, 0.4) is 0 Å². The molecule has 0 aliphatic heterocycles. The highest BCUT2D eigenvalue weighted by molar-refractivity contribution is 9.10. The first-order chi connectivity index (χ1) is 8.52. The number of nitrogens with one attached hydrogen (secondary N) is 1. The molecule has 0 spiro atoms. The van der Waals surface area contributed by atoms with Crippen molar-refractivity contribution in [3.05, 3.63) is 33.9 Å². The predicted molar refractivity (Wildman–Crippen MR) is 82.3 cm³/mol. The smallest absolute Gasteiger partial charge is 0.0870 e. The highest BCUT2D eigenvalue weighted by Crippen LogP contribution is 2.31. The van der Waals surface area contributed by atoms with Gasteiger partial charge in [-0.2, -0.15) is 0 Å². The number of halogens is 1. The van der Waals surface area contributed by atoms with E-state index >= 15 is 0 Å². The molecule has 0 bridgehead atoms. The number of aryl methyl sites for hydroxylation is 1. The summed E-state index contributed by atoms with van der Waals surface area (Å²) in [5, 5.41) is 4.50. The third-order valence-corrected chi connectivity index (χ3v) is 3.70. The molecule has 1 N–H and O–H groups in total. The lowest BCUT2D eigenvalue weighted by atomic mass is 10.0. The average Bonchev–Trinajstić information content (AvgIpc) is 2.32. The van der Waals surface area contributed by atoms with Crippen LogP contribution in [-0.2, 0) is 6.42 Å². The van der Waals surface area contributed by atoms with Crippen LogP contribution in [0.15, 0.2) is 22.7 Å². The summed E-state index contributed by atoms with van der Waals surface area (Å²) in [6.45, 7) is 6.56. The third-order valence-electron chi connectivity index (χ3n) is 3.06. The van der Waals surface area contributed by atoms with Crippen molar-refractivity contribution < 1.29 is 0 Å². The summed E-state index contributed by atoms with van der Waals surface area (Å²) in [5.41, 5.74) is 4.61. The fourth-order valence-electron chi connectivity index (χ4n) is 2.25. The Morgan fingerprint density at radius 3 is 2.67 bits per heavy atom. The van der Waals surface area contributed by atoms with E-state index in [4.69, 9.17) is 4.98 Å². The van der Waals surface area contributed by atoms with Gasteiger partial charge in [-0.05, 0) is 52.9 Å². The van der Waals surface area contributed by atoms with Crippen molar-refractivity contribution in [2.45, 2.75) is 27.2 Å². The van der Waals surface area contributed by atoms with Crippen LogP contribution in [0, 0.1) is 12.8 Å². The van der Waals surface area contributed by atoms with Crippen LogP contribution in [0.1, 0.15) is 25.1 Å². The van der Waals surface area contributed by atoms with Gasteiger partial charge in [0.1, 0.15) is 0 Å². The van der Waals surface area contributed by atoms with Crippen LogP contribution >= 0.6 is 15.9 Å². The Labute approximate surface area is 117 Å². The van der Waals surface area contributed by atoms with E-state index in [1.165, 1.54) is 10.9 Å². The summed E-state index contributed by atoms with van der Waals surface area (Å²) in [5.74, 6) is 0.614. The molecule has 0 aliphatic rings. The second-order valence-corrected chi connectivity index (χ2v) is 5.95. The van der Waals surface area contributed by atoms with Gasteiger partial charge in [-0.3, -0.25) is 4.98 Å². The van der Waals surface area contributed by atoms with Crippen molar-refractivity contribution in [2.24, 2.45) is 5.92 Å². The lowest BCUT2D eigenvalue weighted by Crippen LogP contribution is -2.01. The van der Waals surface area contributed by atoms with Crippen LogP contribution in [0.25, 0.3) is 10.9 Å². The van der Waals surface area contributed by atoms with Gasteiger partial charge >= 0.3 is 0 Å². The van der Waals surface area contributed by atoms with Gasteiger partial charge in [0, 0.05) is 28.3 Å². The summed E-state index contributed by atoms with van der Waals surface area (Å²) in [6, 6.07) is 6.36. The quantitative estimate of drug-likeness (QED) is 0.900. The highest BCUT2D eigenvalue weighted by Gasteiger charge is 2.10. The Bertz CT molecular complexity index is 576. The van der Waals surface area contributed by atoms with Gasteiger partial charge in [0.25, 0.3) is 0 Å². The minimum absolute atomic E-state index is 0.614. The van der Waals surface area contributed by atoms with Crippen LogP contribution in [0.4, 0.5) is 5.69 Å². The van der Waals surface area contributed by atoms with Gasteiger partial charge in [0.05, 0.1) is 5.52 Å². The van der Waals surface area contributed by atoms with E-state index in [1.807, 2.05) is 7.05 Å². The molecule has 2 rings (SSSR count). The van der Waals surface area contributed by atoms with E-state index < -0.39 is 0 Å². The number of anilines is 1. The zero-order valence-electron chi connectivity index (χ0n) is 11.3. The first-order valence-corrected chi connectivity index (χ1v) is 7.08. The second-order valence-electron chi connectivity index (χ2n) is 5.10. The molecule has 0 amide bonds. The van der Waals surface area contributed by atoms with Crippen LogP contribution in [-0.4, -0.2) is 12.0 Å². The predicted octanol–water partition coefficient (Wildman–Crippen LogP) is 4.55. The largest absolute Gasteiger partial charge is 0.388 e. The molecule has 2 nitrogen and oxygen atoms in total. The summed E-state index contributed by atoms with van der Waals surface area (Å²) in [6.07, 6.45) is 1.00. The summed E-state index contributed by atoms with van der Waals surface area (Å²) < 4.78 is 1.06. The van der Waals surface area contributed by atoms with E-state index in [0.29, 0.717) is 5.92 Å². The normalized spacial score (nSPS) is 11.2. The minimum Gasteiger partial charge on any atom is -0.388 e. The van der Waals surface area contributed by atoms with Crippen LogP contribution in [0.5, 0.6) is 0 Å². The first kappa shape index (κ1) is 13.3. The monoisotopic (exact) mass is 306 g/mol. The fraction of sp³-hybridized carbons (Fsp3) is 0.400. The second kappa shape index (κ2) is 5.27. The molecule has 1 aromatic heterocycles. The number of pyridine rings is 1. The van der Waals surface area contributed by atoms with Crippen molar-refractivity contribution in [3.63, 3.8) is 0 Å². The van der Waals surface area contributed by atoms with Crippen LogP contribution in [0.2, 0.25) is 0 Å². The summed E-state index contributed by atoms with van der Waals surface area (Å²) in [7, 11) is 1.97. The van der Waals surface area contributed by atoms with Gasteiger partial charge in [-0.15, -0.1) is 0 Å². The fourth-order valence-corrected chi connectivity index (χ4v) is 2.67. The molecule has 0 fully saturated rings. The number of nitrogens with zero attached hydrogens (tertiary/aromatic N) is 1. The molecule has 0 aliphatic carbocycles. The molecular weight excluding hydrogens is 288 g/mol. The molecule has 0 atom stereocenters. The topological polar surface area (TPSA) is 24.9 Å². The maximum atomic E-state index is 4.80. The zero-order chi connectivity index (χ0) is 13.3. The molecular formula is C15H19BrN2. The summed E-state index contributed by atoms with van der Waals surface area (Å²) >= 11 is 3.60. The van der Waals surface area contributed by atoms with Crippen LogP contribution < -0.4 is 5.32 Å². The Balaban J connectivity index is 2.71. The molecule has 0 radical (unpaired) electrons. The third kappa shape index (κ3) is 2.51. The minimum atomic E-state index is 0.614. The SMILES string of the molecule is CNc1cc(CC(C)C)nc2c(Br)ccc(C)c12. The van der Waals surface area contributed by atoms with Gasteiger partial charge in [0.2, 0.25) is 0 Å². The number of hydrogen-bond donors (Lipinski definition) is 1. The molecule has 0 saturated carbocycles. The first-order valence-electron chi connectivity index (χ1n) is 6.29. The molecule has 96 valence electrons. The number of hydrogen-bond acceptors (Lipinski definition) is 2. The molecule has 0 unspecified atom stereocenters. The Hall–Kier alpha value is -1.09.